The van der Waals surface area contributed by atoms with Crippen molar-refractivity contribution in [2.75, 3.05) is 26.2 Å². The fraction of sp³-hybridized carbons (Fsp3) is 0.250. The Morgan fingerprint density at radius 1 is 1.23 bits per heavy atom. The molecule has 3 heterocycles. The maximum Gasteiger partial charge on any atom is 0.138 e. The van der Waals surface area contributed by atoms with Crippen LogP contribution in [0.15, 0.2) is 42.6 Å². The number of nitrogens with one attached hydrogen (secondary N) is 2. The second-order valence-corrected chi connectivity index (χ2v) is 6.30. The number of aromatic amines is 1. The van der Waals surface area contributed by atoms with Crippen LogP contribution in [0.4, 0.5) is 4.39 Å². The van der Waals surface area contributed by atoms with E-state index in [1.165, 1.54) is 17.7 Å². The summed E-state index contributed by atoms with van der Waals surface area (Å²) in [4.78, 5) is 7.83. The summed E-state index contributed by atoms with van der Waals surface area (Å²) in [5.74, 6) is 0.142. The third-order valence-electron chi connectivity index (χ3n) is 4.51. The lowest BCUT2D eigenvalue weighted by molar-refractivity contribution is 0.326. The minimum atomic E-state index is -0.337. The van der Waals surface area contributed by atoms with Crippen LogP contribution in [0.3, 0.4) is 0 Å². The summed E-state index contributed by atoms with van der Waals surface area (Å²) in [6, 6.07) is 8.73. The van der Waals surface area contributed by atoms with Crippen molar-refractivity contribution < 1.29 is 9.13 Å². The van der Waals surface area contributed by atoms with E-state index in [4.69, 9.17) is 10.5 Å². The summed E-state index contributed by atoms with van der Waals surface area (Å²) in [7, 11) is 0. The number of hydrogen-bond acceptors (Lipinski definition) is 4. The second-order valence-electron chi connectivity index (χ2n) is 6.30. The molecular weight excluding hydrogens is 331 g/mol. The summed E-state index contributed by atoms with van der Waals surface area (Å²) in [5.41, 5.74) is 10.3. The molecule has 26 heavy (non-hydrogen) atoms. The Balaban J connectivity index is 1.78. The Bertz CT molecular complexity index is 964. The zero-order valence-electron chi connectivity index (χ0n) is 14.4. The lowest BCUT2D eigenvalue weighted by Gasteiger charge is -2.12. The predicted octanol–water partition coefficient (Wildman–Crippen LogP) is 3.08. The van der Waals surface area contributed by atoms with Crippen molar-refractivity contribution in [2.24, 2.45) is 5.73 Å². The molecule has 0 radical (unpaired) electrons. The van der Waals surface area contributed by atoms with Gasteiger partial charge in [-0.25, -0.2) is 9.37 Å². The SMILES string of the molecule is NCCOc1cc(F)cc(-c2ccnc3[nH]c(C4=CCNCC4)cc23)c1. The van der Waals surface area contributed by atoms with Crippen molar-refractivity contribution in [1.29, 1.82) is 0 Å². The number of aromatic nitrogens is 2. The standard InChI is InChI=1S/C20H21FN4O/c21-15-9-14(10-16(11-15)26-8-4-22)17-3-7-24-20-18(17)12-19(25-20)13-1-5-23-6-2-13/h1,3,7,9-12,23H,2,4-6,8,22H2,(H,24,25). The molecule has 3 aromatic rings. The Hall–Kier alpha value is -2.70. The Morgan fingerprint density at radius 2 is 2.15 bits per heavy atom. The van der Waals surface area contributed by atoms with E-state index in [0.29, 0.717) is 18.9 Å². The van der Waals surface area contributed by atoms with Crippen LogP contribution < -0.4 is 15.8 Å². The number of nitrogens with two attached hydrogens (primary N) is 1. The summed E-state index contributed by atoms with van der Waals surface area (Å²) in [6.45, 7) is 2.57. The smallest absolute Gasteiger partial charge is 0.138 e. The minimum absolute atomic E-state index is 0.337. The molecule has 4 rings (SSSR count). The number of halogens is 1. The fourth-order valence-electron chi connectivity index (χ4n) is 3.30. The topological polar surface area (TPSA) is 76.0 Å². The van der Waals surface area contributed by atoms with E-state index in [1.807, 2.05) is 12.1 Å². The van der Waals surface area contributed by atoms with Gasteiger partial charge in [0.25, 0.3) is 0 Å². The Morgan fingerprint density at radius 3 is 2.96 bits per heavy atom. The van der Waals surface area contributed by atoms with Gasteiger partial charge in [-0.2, -0.15) is 0 Å². The highest BCUT2D eigenvalue weighted by Crippen LogP contribution is 2.33. The van der Waals surface area contributed by atoms with Crippen molar-refractivity contribution in [1.82, 2.24) is 15.3 Å². The van der Waals surface area contributed by atoms with Gasteiger partial charge in [-0.15, -0.1) is 0 Å². The average molecular weight is 352 g/mol. The number of H-pyrrole nitrogens is 1. The molecule has 0 atom stereocenters. The van der Waals surface area contributed by atoms with Crippen molar-refractivity contribution in [3.05, 3.63) is 54.1 Å². The van der Waals surface area contributed by atoms with Crippen molar-refractivity contribution >= 4 is 16.6 Å². The second kappa shape index (κ2) is 7.27. The van der Waals surface area contributed by atoms with Gasteiger partial charge in [0.1, 0.15) is 23.8 Å². The number of pyridine rings is 1. The zero-order valence-corrected chi connectivity index (χ0v) is 14.4. The molecule has 2 aromatic heterocycles. The van der Waals surface area contributed by atoms with Crippen LogP contribution in [-0.2, 0) is 0 Å². The van der Waals surface area contributed by atoms with Gasteiger partial charge >= 0.3 is 0 Å². The lowest BCUT2D eigenvalue weighted by Crippen LogP contribution is -2.20. The van der Waals surface area contributed by atoms with E-state index >= 15 is 0 Å². The van der Waals surface area contributed by atoms with Crippen LogP contribution in [-0.4, -0.2) is 36.2 Å². The highest BCUT2D eigenvalue weighted by Gasteiger charge is 2.14. The first-order valence-corrected chi connectivity index (χ1v) is 8.76. The molecule has 1 aliphatic rings. The summed E-state index contributed by atoms with van der Waals surface area (Å²) in [5, 5.41) is 4.28. The molecule has 1 aliphatic heterocycles. The molecule has 4 N–H and O–H groups in total. The molecule has 0 bridgehead atoms. The van der Waals surface area contributed by atoms with Gasteiger partial charge < -0.3 is 20.8 Å². The van der Waals surface area contributed by atoms with Gasteiger partial charge in [-0.05, 0) is 53.9 Å². The number of rotatable bonds is 5. The Kier molecular flexibility index (Phi) is 4.69. The van der Waals surface area contributed by atoms with Crippen LogP contribution in [0.2, 0.25) is 0 Å². The number of fused-ring (bicyclic) bond motifs is 1. The maximum atomic E-state index is 14.1. The minimum Gasteiger partial charge on any atom is -0.492 e. The summed E-state index contributed by atoms with van der Waals surface area (Å²) in [6.07, 6.45) is 4.90. The van der Waals surface area contributed by atoms with E-state index in [-0.39, 0.29) is 5.82 Å². The van der Waals surface area contributed by atoms with Crippen LogP contribution in [0.1, 0.15) is 12.1 Å². The molecule has 5 nitrogen and oxygen atoms in total. The number of benzene rings is 1. The molecule has 134 valence electrons. The van der Waals surface area contributed by atoms with E-state index in [9.17, 15) is 4.39 Å². The predicted molar refractivity (Wildman–Crippen MR) is 102 cm³/mol. The quantitative estimate of drug-likeness (QED) is 0.660. The molecular formula is C20H21FN4O. The molecule has 0 unspecified atom stereocenters. The van der Waals surface area contributed by atoms with E-state index in [2.05, 4.69) is 27.4 Å². The molecule has 6 heteroatoms. The molecule has 0 fully saturated rings. The normalized spacial score (nSPS) is 14.5. The summed E-state index contributed by atoms with van der Waals surface area (Å²) < 4.78 is 19.6. The van der Waals surface area contributed by atoms with Crippen LogP contribution in [0.25, 0.3) is 27.7 Å². The van der Waals surface area contributed by atoms with Gasteiger partial charge in [0, 0.05) is 36.4 Å². The first-order valence-electron chi connectivity index (χ1n) is 8.76. The van der Waals surface area contributed by atoms with Crippen LogP contribution in [0.5, 0.6) is 5.75 Å². The molecule has 0 aliphatic carbocycles. The molecule has 0 saturated heterocycles. The highest BCUT2D eigenvalue weighted by molar-refractivity contribution is 5.95. The fourth-order valence-corrected chi connectivity index (χ4v) is 3.30. The van der Waals surface area contributed by atoms with Crippen molar-refractivity contribution in [3.63, 3.8) is 0 Å². The van der Waals surface area contributed by atoms with Gasteiger partial charge in [-0.3, -0.25) is 0 Å². The largest absolute Gasteiger partial charge is 0.492 e. The zero-order chi connectivity index (χ0) is 17.9. The van der Waals surface area contributed by atoms with Gasteiger partial charge in [0.2, 0.25) is 0 Å². The third kappa shape index (κ3) is 3.34. The first kappa shape index (κ1) is 16.8. The third-order valence-corrected chi connectivity index (χ3v) is 4.51. The number of nitrogens with zero attached hydrogens (tertiary/aromatic N) is 1. The Labute approximate surface area is 151 Å². The first-order chi connectivity index (χ1) is 12.7. The van der Waals surface area contributed by atoms with E-state index < -0.39 is 0 Å². The lowest BCUT2D eigenvalue weighted by atomic mass is 10.0. The van der Waals surface area contributed by atoms with Gasteiger partial charge in [0.05, 0.1) is 0 Å². The highest BCUT2D eigenvalue weighted by atomic mass is 19.1. The average Bonchev–Trinajstić information content (AvgIpc) is 3.11. The molecule has 1 aromatic carbocycles. The monoisotopic (exact) mass is 352 g/mol. The van der Waals surface area contributed by atoms with Crippen LogP contribution >= 0.6 is 0 Å². The van der Waals surface area contributed by atoms with E-state index in [0.717, 1.165) is 47.4 Å². The van der Waals surface area contributed by atoms with Crippen LogP contribution in [0, 0.1) is 5.82 Å². The molecule has 0 spiro atoms. The number of ether oxygens (including phenoxy) is 1. The van der Waals surface area contributed by atoms with Gasteiger partial charge in [-0.1, -0.05) is 6.08 Å². The molecule has 0 amide bonds. The maximum absolute atomic E-state index is 14.1. The van der Waals surface area contributed by atoms with E-state index in [1.54, 1.807) is 6.20 Å². The molecule has 0 saturated carbocycles. The summed E-state index contributed by atoms with van der Waals surface area (Å²) >= 11 is 0. The number of hydrogen-bond donors (Lipinski definition) is 3. The van der Waals surface area contributed by atoms with Crippen molar-refractivity contribution in [3.8, 4) is 16.9 Å². The van der Waals surface area contributed by atoms with Crippen molar-refractivity contribution in [2.45, 2.75) is 6.42 Å². The van der Waals surface area contributed by atoms with Gasteiger partial charge in [0.15, 0.2) is 0 Å².